The van der Waals surface area contributed by atoms with Gasteiger partial charge in [-0.3, -0.25) is 9.59 Å². The number of rotatable bonds is 4. The smallest absolute Gasteiger partial charge is 0.249 e. The molecule has 3 aromatic rings. The topological polar surface area (TPSA) is 85.2 Å². The molecule has 31 heavy (non-hydrogen) atoms. The van der Waals surface area contributed by atoms with Crippen molar-refractivity contribution in [3.63, 3.8) is 0 Å². The molecule has 2 heterocycles. The summed E-state index contributed by atoms with van der Waals surface area (Å²) in [7, 11) is 1.55. The van der Waals surface area contributed by atoms with Crippen molar-refractivity contribution in [3.8, 4) is 17.0 Å². The lowest BCUT2D eigenvalue weighted by molar-refractivity contribution is -0.125. The van der Waals surface area contributed by atoms with Gasteiger partial charge in [0, 0.05) is 11.1 Å². The van der Waals surface area contributed by atoms with Gasteiger partial charge in [-0.25, -0.2) is 17.9 Å². The predicted octanol–water partition coefficient (Wildman–Crippen LogP) is 3.81. The Labute approximate surface area is 174 Å². The molecule has 4 rings (SSSR count). The van der Waals surface area contributed by atoms with E-state index in [1.165, 1.54) is 4.68 Å². The summed E-state index contributed by atoms with van der Waals surface area (Å²) in [5.41, 5.74) is 1.38. The van der Waals surface area contributed by atoms with Crippen LogP contribution in [-0.4, -0.2) is 28.7 Å². The van der Waals surface area contributed by atoms with Gasteiger partial charge in [-0.1, -0.05) is 0 Å². The molecule has 1 aliphatic heterocycles. The van der Waals surface area contributed by atoms with Crippen molar-refractivity contribution in [2.45, 2.75) is 19.4 Å². The number of aromatic nitrogens is 2. The number of hydrogen-bond donors (Lipinski definition) is 2. The summed E-state index contributed by atoms with van der Waals surface area (Å²) >= 11 is 0. The maximum atomic E-state index is 14.0. The number of amides is 2. The minimum Gasteiger partial charge on any atom is -0.497 e. The number of benzene rings is 2. The number of ether oxygens (including phenoxy) is 1. The number of carbonyl (C=O) groups is 2. The van der Waals surface area contributed by atoms with Gasteiger partial charge in [0.1, 0.15) is 17.6 Å². The lowest BCUT2D eigenvalue weighted by atomic mass is 10.1. The first-order valence-electron chi connectivity index (χ1n) is 9.28. The molecule has 160 valence electrons. The normalized spacial score (nSPS) is 15.3. The number of anilines is 2. The first-order valence-corrected chi connectivity index (χ1v) is 9.28. The third-order valence-electron chi connectivity index (χ3n) is 5.04. The van der Waals surface area contributed by atoms with E-state index >= 15 is 0 Å². The van der Waals surface area contributed by atoms with E-state index in [1.807, 2.05) is 0 Å². The average molecular weight is 430 g/mol. The van der Waals surface area contributed by atoms with E-state index in [0.717, 1.165) is 11.6 Å². The lowest BCUT2D eigenvalue weighted by Gasteiger charge is -2.24. The van der Waals surface area contributed by atoms with Gasteiger partial charge in [0.15, 0.2) is 17.5 Å². The second-order valence-corrected chi connectivity index (χ2v) is 6.98. The molecular formula is C21H17F3N4O3. The molecule has 0 radical (unpaired) electrons. The molecule has 2 aromatic carbocycles. The number of halogens is 3. The van der Waals surface area contributed by atoms with Gasteiger partial charge in [-0.05, 0) is 43.3 Å². The predicted molar refractivity (Wildman–Crippen MR) is 106 cm³/mol. The molecule has 10 heteroatoms. The molecule has 1 aromatic heterocycles. The molecule has 0 bridgehead atoms. The van der Waals surface area contributed by atoms with E-state index in [2.05, 4.69) is 15.7 Å². The van der Waals surface area contributed by atoms with Crippen molar-refractivity contribution >= 4 is 23.3 Å². The summed E-state index contributed by atoms with van der Waals surface area (Å²) in [5.74, 6) is -4.83. The molecule has 1 atom stereocenters. The highest BCUT2D eigenvalue weighted by atomic mass is 19.2. The molecule has 0 unspecified atom stereocenters. The van der Waals surface area contributed by atoms with Crippen molar-refractivity contribution in [1.29, 1.82) is 0 Å². The fourth-order valence-corrected chi connectivity index (χ4v) is 3.40. The van der Waals surface area contributed by atoms with Crippen LogP contribution in [0.25, 0.3) is 11.3 Å². The summed E-state index contributed by atoms with van der Waals surface area (Å²) < 4.78 is 47.1. The Bertz CT molecular complexity index is 1190. The lowest BCUT2D eigenvalue weighted by Crippen LogP contribution is -2.36. The first-order chi connectivity index (χ1) is 14.8. The maximum Gasteiger partial charge on any atom is 0.249 e. The number of nitrogens with one attached hydrogen (secondary N) is 2. The van der Waals surface area contributed by atoms with Crippen molar-refractivity contribution in [2.75, 3.05) is 17.7 Å². The monoisotopic (exact) mass is 430 g/mol. The largest absolute Gasteiger partial charge is 0.497 e. The number of nitrogens with zero attached hydrogens (tertiary/aromatic N) is 2. The average Bonchev–Trinajstić information content (AvgIpc) is 3.10. The summed E-state index contributed by atoms with van der Waals surface area (Å²) in [5, 5.41) is 9.39. The molecular weight excluding hydrogens is 413 g/mol. The van der Waals surface area contributed by atoms with E-state index < -0.39 is 41.0 Å². The number of carbonyl (C=O) groups excluding carboxylic acids is 2. The molecule has 0 fully saturated rings. The molecule has 0 spiro atoms. The van der Waals surface area contributed by atoms with E-state index in [4.69, 9.17) is 4.74 Å². The Morgan fingerprint density at radius 3 is 2.55 bits per heavy atom. The third-order valence-corrected chi connectivity index (χ3v) is 5.04. The van der Waals surface area contributed by atoms with E-state index in [-0.39, 0.29) is 6.42 Å². The Hall–Kier alpha value is -3.82. The van der Waals surface area contributed by atoms with Gasteiger partial charge in [0.2, 0.25) is 11.8 Å². The zero-order valence-corrected chi connectivity index (χ0v) is 16.5. The maximum absolute atomic E-state index is 14.0. The Morgan fingerprint density at radius 2 is 1.87 bits per heavy atom. The molecule has 0 aliphatic carbocycles. The Morgan fingerprint density at radius 1 is 1.16 bits per heavy atom. The van der Waals surface area contributed by atoms with Crippen LogP contribution in [0.3, 0.4) is 0 Å². The van der Waals surface area contributed by atoms with Crippen LogP contribution >= 0.6 is 0 Å². The van der Waals surface area contributed by atoms with Crippen LogP contribution in [0.5, 0.6) is 5.75 Å². The zero-order valence-electron chi connectivity index (χ0n) is 16.5. The van der Waals surface area contributed by atoms with Crippen LogP contribution in [-0.2, 0) is 9.59 Å². The highest BCUT2D eigenvalue weighted by molar-refractivity contribution is 6.02. The quantitative estimate of drug-likeness (QED) is 0.617. The third kappa shape index (κ3) is 3.60. The van der Waals surface area contributed by atoms with Crippen molar-refractivity contribution in [1.82, 2.24) is 9.78 Å². The fraction of sp³-hybridized carbons (Fsp3) is 0.190. The Balaban J connectivity index is 1.69. The van der Waals surface area contributed by atoms with E-state index in [9.17, 15) is 22.8 Å². The van der Waals surface area contributed by atoms with Crippen molar-refractivity contribution in [2.24, 2.45) is 0 Å². The molecule has 2 amide bonds. The molecule has 1 aliphatic rings. The summed E-state index contributed by atoms with van der Waals surface area (Å²) in [4.78, 5) is 25.0. The minimum atomic E-state index is -1.70. The Kier molecular flexibility index (Phi) is 5.14. The van der Waals surface area contributed by atoms with Gasteiger partial charge in [-0.2, -0.15) is 5.10 Å². The van der Waals surface area contributed by atoms with Crippen LogP contribution in [0.15, 0.2) is 36.4 Å². The summed E-state index contributed by atoms with van der Waals surface area (Å²) in [6.45, 7) is 1.74. The molecule has 2 N–H and O–H groups in total. The zero-order chi connectivity index (χ0) is 22.3. The van der Waals surface area contributed by atoms with E-state index in [0.29, 0.717) is 28.9 Å². The summed E-state index contributed by atoms with van der Waals surface area (Å²) in [6.07, 6.45) is -0.257. The highest BCUT2D eigenvalue weighted by Crippen LogP contribution is 2.35. The van der Waals surface area contributed by atoms with Crippen LogP contribution < -0.4 is 15.4 Å². The van der Waals surface area contributed by atoms with Crippen LogP contribution in [0.1, 0.15) is 18.0 Å². The standard InChI is InChI=1S/C21H17F3N4O3/c1-10-19(11-3-5-12(31-2)6-4-11)27-28-15(9-16(29)26-20(10)28)21(30)25-14-8-7-13(22)17(23)18(14)24/h3-8,15H,9H2,1-2H3,(H,25,30)(H,26,29)/t15-/m0/s1. The van der Waals surface area contributed by atoms with Crippen LogP contribution in [0, 0.1) is 24.4 Å². The molecule has 0 saturated heterocycles. The highest BCUT2D eigenvalue weighted by Gasteiger charge is 2.34. The van der Waals surface area contributed by atoms with E-state index in [1.54, 1.807) is 38.3 Å². The molecule has 0 saturated carbocycles. The second-order valence-electron chi connectivity index (χ2n) is 6.98. The SMILES string of the molecule is COc1ccc(-c2nn3c(c2C)NC(=O)C[C@H]3C(=O)Nc2ccc(F)c(F)c2F)cc1. The number of methoxy groups -OCH3 is 1. The fourth-order valence-electron chi connectivity index (χ4n) is 3.40. The minimum absolute atomic E-state index is 0.257. The van der Waals surface area contributed by atoms with Gasteiger partial charge < -0.3 is 15.4 Å². The van der Waals surface area contributed by atoms with Gasteiger partial charge in [-0.15, -0.1) is 0 Å². The van der Waals surface area contributed by atoms with Gasteiger partial charge >= 0.3 is 0 Å². The van der Waals surface area contributed by atoms with Gasteiger partial charge in [0.05, 0.1) is 24.9 Å². The van der Waals surface area contributed by atoms with Crippen molar-refractivity contribution < 1.29 is 27.5 Å². The second kappa shape index (κ2) is 7.78. The number of fused-ring (bicyclic) bond motifs is 1. The number of hydrogen-bond acceptors (Lipinski definition) is 4. The first kappa shape index (κ1) is 20.5. The molecule has 7 nitrogen and oxygen atoms in total. The van der Waals surface area contributed by atoms with Gasteiger partial charge in [0.25, 0.3) is 0 Å². The van der Waals surface area contributed by atoms with Crippen LogP contribution in [0.2, 0.25) is 0 Å². The van der Waals surface area contributed by atoms with Crippen molar-refractivity contribution in [3.05, 3.63) is 59.4 Å². The van der Waals surface area contributed by atoms with Crippen LogP contribution in [0.4, 0.5) is 24.7 Å². The summed E-state index contributed by atoms with van der Waals surface area (Å²) in [6, 6.07) is 7.58.